The first kappa shape index (κ1) is 29.2. The van der Waals surface area contributed by atoms with Crippen LogP contribution in [0.5, 0.6) is 5.75 Å². The summed E-state index contributed by atoms with van der Waals surface area (Å²) in [4.78, 5) is 32.0. The fourth-order valence-corrected chi connectivity index (χ4v) is 6.26. The number of carbonyl (C=O) groups is 2. The molecule has 1 aromatic heterocycles. The first-order valence-electron chi connectivity index (χ1n) is 15.1. The van der Waals surface area contributed by atoms with Crippen molar-refractivity contribution in [2.45, 2.75) is 97.6 Å². The molecule has 3 N–H and O–H groups in total. The number of H-pyrrole nitrogens is 1. The van der Waals surface area contributed by atoms with E-state index in [0.717, 1.165) is 88.7 Å². The highest BCUT2D eigenvalue weighted by molar-refractivity contribution is 5.90. The fraction of sp³-hybridized carbons (Fsp3) is 0.625. The average molecular weight is 537 g/mol. The Balaban J connectivity index is 1.15. The van der Waals surface area contributed by atoms with Crippen molar-refractivity contribution in [3.05, 3.63) is 41.1 Å². The molecule has 1 unspecified atom stereocenters. The number of phenolic OH excluding ortho intramolecular Hbond substituents is 1. The number of benzene rings is 1. The summed E-state index contributed by atoms with van der Waals surface area (Å²) < 4.78 is 0. The number of nitrogens with zero attached hydrogens (tertiary/aromatic N) is 2. The molecule has 7 heteroatoms. The Labute approximate surface area is 234 Å². The molecule has 1 aromatic carbocycles. The van der Waals surface area contributed by atoms with Gasteiger partial charge in [0.1, 0.15) is 5.75 Å². The van der Waals surface area contributed by atoms with Gasteiger partial charge in [0.15, 0.2) is 0 Å². The summed E-state index contributed by atoms with van der Waals surface area (Å²) >= 11 is 0. The number of amides is 2. The van der Waals surface area contributed by atoms with E-state index in [-0.39, 0.29) is 17.9 Å². The molecule has 4 rings (SSSR count). The molecule has 2 aliphatic rings. The number of fused-ring (bicyclic) bond motifs is 1. The van der Waals surface area contributed by atoms with Crippen LogP contribution in [0.2, 0.25) is 0 Å². The molecule has 7 nitrogen and oxygen atoms in total. The van der Waals surface area contributed by atoms with E-state index in [1.54, 1.807) is 6.08 Å². The molecule has 0 saturated carbocycles. The summed E-state index contributed by atoms with van der Waals surface area (Å²) in [6.45, 7) is 13.0. The van der Waals surface area contributed by atoms with Crippen molar-refractivity contribution in [2.75, 3.05) is 26.2 Å². The van der Waals surface area contributed by atoms with Crippen molar-refractivity contribution in [1.29, 1.82) is 0 Å². The Morgan fingerprint density at radius 2 is 1.92 bits per heavy atom. The molecule has 214 valence electrons. The van der Waals surface area contributed by atoms with Crippen LogP contribution in [0.1, 0.15) is 95.4 Å². The van der Waals surface area contributed by atoms with Gasteiger partial charge in [-0.1, -0.05) is 33.3 Å². The second kappa shape index (κ2) is 13.5. The predicted molar refractivity (Wildman–Crippen MR) is 158 cm³/mol. The van der Waals surface area contributed by atoms with Crippen molar-refractivity contribution < 1.29 is 14.7 Å². The summed E-state index contributed by atoms with van der Waals surface area (Å²) in [6, 6.07) is 4.11. The fourth-order valence-electron chi connectivity index (χ4n) is 6.26. The van der Waals surface area contributed by atoms with Gasteiger partial charge in [-0.05, 0) is 88.1 Å². The standard InChI is InChI=1S/C32H48N4O3/c1-5-25-26-11-12-28(37)27(32(26)34-31(25)22(2)3)21-35-19-15-24(16-20-35)14-17-33-29(38)9-7-6-8-18-36-23(4)10-13-30(36)39/h10-13,22-24,34,37H,5-9,14-21H2,1-4H3,(H,33,38). The van der Waals surface area contributed by atoms with E-state index < -0.39 is 0 Å². The third-order valence-electron chi connectivity index (χ3n) is 8.69. The van der Waals surface area contributed by atoms with Crippen LogP contribution >= 0.6 is 0 Å². The van der Waals surface area contributed by atoms with Crippen molar-refractivity contribution in [3.63, 3.8) is 0 Å². The number of likely N-dealkylation sites (tertiary alicyclic amines) is 1. The molecule has 1 fully saturated rings. The Morgan fingerprint density at radius 3 is 2.59 bits per heavy atom. The molecule has 39 heavy (non-hydrogen) atoms. The topological polar surface area (TPSA) is 88.7 Å². The summed E-state index contributed by atoms with van der Waals surface area (Å²) in [5, 5.41) is 15.1. The van der Waals surface area contributed by atoms with Crippen LogP contribution < -0.4 is 5.32 Å². The first-order chi connectivity index (χ1) is 18.8. The van der Waals surface area contributed by atoms with Gasteiger partial charge >= 0.3 is 0 Å². The van der Waals surface area contributed by atoms with Crippen LogP contribution in [-0.4, -0.2) is 63.9 Å². The largest absolute Gasteiger partial charge is 0.508 e. The number of phenols is 1. The molecule has 0 spiro atoms. The molecular formula is C32H48N4O3. The lowest BCUT2D eigenvalue weighted by Crippen LogP contribution is -2.35. The van der Waals surface area contributed by atoms with E-state index >= 15 is 0 Å². The molecule has 0 aliphatic carbocycles. The number of aromatic amines is 1. The van der Waals surface area contributed by atoms with Crippen LogP contribution in [0.4, 0.5) is 0 Å². The van der Waals surface area contributed by atoms with Crippen LogP contribution in [-0.2, 0) is 22.6 Å². The zero-order chi connectivity index (χ0) is 27.9. The summed E-state index contributed by atoms with van der Waals surface area (Å²) in [5.74, 6) is 1.67. The number of carbonyl (C=O) groups excluding carboxylic acids is 2. The van der Waals surface area contributed by atoms with E-state index in [9.17, 15) is 14.7 Å². The Morgan fingerprint density at radius 1 is 1.15 bits per heavy atom. The van der Waals surface area contributed by atoms with E-state index in [0.29, 0.717) is 24.0 Å². The van der Waals surface area contributed by atoms with Gasteiger partial charge in [-0.15, -0.1) is 0 Å². The molecule has 0 radical (unpaired) electrons. The van der Waals surface area contributed by atoms with Gasteiger partial charge in [0, 0.05) is 54.8 Å². The second-order valence-electron chi connectivity index (χ2n) is 11.8. The first-order valence-corrected chi connectivity index (χ1v) is 15.1. The van der Waals surface area contributed by atoms with Gasteiger partial charge in [0.2, 0.25) is 11.8 Å². The van der Waals surface area contributed by atoms with Gasteiger partial charge in [-0.2, -0.15) is 0 Å². The average Bonchev–Trinajstić information content (AvgIpc) is 3.46. The Hall–Kier alpha value is -2.80. The van der Waals surface area contributed by atoms with Gasteiger partial charge in [-0.3, -0.25) is 14.5 Å². The zero-order valence-electron chi connectivity index (χ0n) is 24.4. The van der Waals surface area contributed by atoms with E-state index in [2.05, 4.69) is 42.0 Å². The number of hydrogen-bond donors (Lipinski definition) is 3. The Kier molecular flexibility index (Phi) is 10.1. The number of rotatable bonds is 13. The minimum Gasteiger partial charge on any atom is -0.508 e. The summed E-state index contributed by atoms with van der Waals surface area (Å²) in [5.41, 5.74) is 4.76. The number of piperidine rings is 1. The molecule has 3 heterocycles. The molecular weight excluding hydrogens is 488 g/mol. The van der Waals surface area contributed by atoms with Gasteiger partial charge < -0.3 is 20.3 Å². The maximum absolute atomic E-state index is 12.3. The molecule has 1 atom stereocenters. The highest BCUT2D eigenvalue weighted by Gasteiger charge is 2.23. The number of hydrogen-bond acceptors (Lipinski definition) is 4. The molecule has 2 amide bonds. The van der Waals surface area contributed by atoms with Crippen LogP contribution in [0, 0.1) is 5.92 Å². The van der Waals surface area contributed by atoms with Crippen molar-refractivity contribution in [1.82, 2.24) is 20.1 Å². The number of aryl methyl sites for hydroxylation is 1. The monoisotopic (exact) mass is 536 g/mol. The lowest BCUT2D eigenvalue weighted by Gasteiger charge is -2.32. The number of aromatic hydroxyl groups is 1. The van der Waals surface area contributed by atoms with Crippen LogP contribution in [0.25, 0.3) is 10.9 Å². The predicted octanol–water partition coefficient (Wildman–Crippen LogP) is 5.62. The van der Waals surface area contributed by atoms with E-state index in [1.165, 1.54) is 16.6 Å². The summed E-state index contributed by atoms with van der Waals surface area (Å²) in [6.07, 6.45) is 11.2. The van der Waals surface area contributed by atoms with E-state index in [1.807, 2.05) is 24.0 Å². The smallest absolute Gasteiger partial charge is 0.246 e. The minimum absolute atomic E-state index is 0.105. The Bertz CT molecular complexity index is 1160. The maximum Gasteiger partial charge on any atom is 0.246 e. The van der Waals surface area contributed by atoms with Crippen molar-refractivity contribution in [3.8, 4) is 5.75 Å². The zero-order valence-corrected chi connectivity index (χ0v) is 24.4. The SMILES string of the molecule is CCc1c(C(C)C)[nH]c2c(CN3CCC(CCNC(=O)CCCCCN4C(=O)C=CC4C)CC3)c(O)ccc12. The second-order valence-corrected chi connectivity index (χ2v) is 11.8. The number of aromatic nitrogens is 1. The van der Waals surface area contributed by atoms with Crippen molar-refractivity contribution >= 4 is 22.7 Å². The van der Waals surface area contributed by atoms with Gasteiger partial charge in [-0.25, -0.2) is 0 Å². The normalized spacial score (nSPS) is 18.6. The van der Waals surface area contributed by atoms with E-state index in [4.69, 9.17) is 0 Å². The van der Waals surface area contributed by atoms with Crippen LogP contribution in [0.3, 0.4) is 0 Å². The van der Waals surface area contributed by atoms with Gasteiger partial charge in [0.05, 0.1) is 5.52 Å². The van der Waals surface area contributed by atoms with Crippen LogP contribution in [0.15, 0.2) is 24.3 Å². The highest BCUT2D eigenvalue weighted by atomic mass is 16.3. The highest BCUT2D eigenvalue weighted by Crippen LogP contribution is 2.35. The van der Waals surface area contributed by atoms with Gasteiger partial charge in [0.25, 0.3) is 0 Å². The molecule has 0 bridgehead atoms. The van der Waals surface area contributed by atoms with Crippen molar-refractivity contribution in [2.24, 2.45) is 5.92 Å². The maximum atomic E-state index is 12.3. The third kappa shape index (κ3) is 7.24. The quantitative estimate of drug-likeness (QED) is 0.290. The summed E-state index contributed by atoms with van der Waals surface area (Å²) in [7, 11) is 0. The lowest BCUT2D eigenvalue weighted by molar-refractivity contribution is -0.126. The number of nitrogens with one attached hydrogen (secondary N) is 2. The minimum atomic E-state index is 0.105. The molecule has 2 aliphatic heterocycles. The third-order valence-corrected chi connectivity index (χ3v) is 8.69. The molecule has 1 saturated heterocycles. The lowest BCUT2D eigenvalue weighted by atomic mass is 9.93. The molecule has 2 aromatic rings. The number of unbranched alkanes of at least 4 members (excludes halogenated alkanes) is 2.